The number of fused-ring (bicyclic) bond motifs is 1. The van der Waals surface area contributed by atoms with Crippen molar-refractivity contribution < 1.29 is 9.53 Å². The fourth-order valence-corrected chi connectivity index (χ4v) is 3.30. The Balaban J connectivity index is 2.00. The van der Waals surface area contributed by atoms with E-state index in [0.717, 1.165) is 25.8 Å². The van der Waals surface area contributed by atoms with Crippen molar-refractivity contribution in [2.75, 3.05) is 13.7 Å². The average Bonchev–Trinajstić information content (AvgIpc) is 2.99. The van der Waals surface area contributed by atoms with Crippen molar-refractivity contribution in [3.05, 3.63) is 47.5 Å². The van der Waals surface area contributed by atoms with Gasteiger partial charge in [0.1, 0.15) is 0 Å². The van der Waals surface area contributed by atoms with Gasteiger partial charge in [0.15, 0.2) is 0 Å². The fourth-order valence-electron chi connectivity index (χ4n) is 3.30. The minimum atomic E-state index is -0.209. The summed E-state index contributed by atoms with van der Waals surface area (Å²) in [6, 6.07) is 8.60. The topological polar surface area (TPSA) is 29.5 Å². The highest BCUT2D eigenvalue weighted by molar-refractivity contribution is 5.69. The van der Waals surface area contributed by atoms with Crippen LogP contribution in [0.2, 0.25) is 0 Å². The number of allylic oxidation sites excluding steroid dienone is 1. The summed E-state index contributed by atoms with van der Waals surface area (Å²) in [6.45, 7) is 0.749. The number of carbonyl (C=O) groups is 1. The zero-order chi connectivity index (χ0) is 13.2. The molecule has 0 saturated carbocycles. The number of amides is 1. The molecule has 0 aromatic heterocycles. The van der Waals surface area contributed by atoms with Gasteiger partial charge in [-0.15, -0.1) is 0 Å². The van der Waals surface area contributed by atoms with Gasteiger partial charge in [-0.2, -0.15) is 0 Å². The molecule has 3 heteroatoms. The molecule has 1 aliphatic heterocycles. The molecule has 3 nitrogen and oxygen atoms in total. The second-order valence-electron chi connectivity index (χ2n) is 5.23. The van der Waals surface area contributed by atoms with Gasteiger partial charge >= 0.3 is 6.09 Å². The van der Waals surface area contributed by atoms with Crippen molar-refractivity contribution >= 4 is 6.09 Å². The molecule has 1 heterocycles. The van der Waals surface area contributed by atoms with Gasteiger partial charge in [-0.3, -0.25) is 0 Å². The van der Waals surface area contributed by atoms with Gasteiger partial charge in [0.25, 0.3) is 0 Å². The standard InChI is InChI=1S/C16H19NO2/c1-19-16(18)17-11-10-12-6-4-5-9-14(12)15(17)13-7-2-3-8-13/h2,4-7,9,13,15H,3,8,10-11H2,1H3. The van der Waals surface area contributed by atoms with Crippen LogP contribution in [-0.4, -0.2) is 24.6 Å². The van der Waals surface area contributed by atoms with Crippen molar-refractivity contribution in [1.82, 2.24) is 4.90 Å². The molecule has 0 spiro atoms. The van der Waals surface area contributed by atoms with E-state index in [4.69, 9.17) is 4.74 Å². The second-order valence-corrected chi connectivity index (χ2v) is 5.23. The summed E-state index contributed by atoms with van der Waals surface area (Å²) in [4.78, 5) is 13.9. The van der Waals surface area contributed by atoms with Gasteiger partial charge in [0.2, 0.25) is 0 Å². The van der Waals surface area contributed by atoms with Crippen LogP contribution in [0.1, 0.15) is 30.0 Å². The largest absolute Gasteiger partial charge is 0.453 e. The van der Waals surface area contributed by atoms with Crippen LogP contribution < -0.4 is 0 Å². The Kier molecular flexibility index (Phi) is 3.28. The number of methoxy groups -OCH3 is 1. The molecule has 0 N–H and O–H groups in total. The molecule has 2 unspecified atom stereocenters. The smallest absolute Gasteiger partial charge is 0.410 e. The molecule has 19 heavy (non-hydrogen) atoms. The summed E-state index contributed by atoms with van der Waals surface area (Å²) in [7, 11) is 1.46. The lowest BCUT2D eigenvalue weighted by molar-refractivity contribution is 0.0890. The Morgan fingerprint density at radius 2 is 2.21 bits per heavy atom. The fraction of sp³-hybridized carbons (Fsp3) is 0.438. The third-order valence-corrected chi connectivity index (χ3v) is 4.20. The molecular formula is C16H19NO2. The Bertz CT molecular complexity index is 509. The molecule has 2 atom stereocenters. The van der Waals surface area contributed by atoms with E-state index in [-0.39, 0.29) is 12.1 Å². The minimum absolute atomic E-state index is 0.135. The van der Waals surface area contributed by atoms with Crippen molar-refractivity contribution in [3.8, 4) is 0 Å². The van der Waals surface area contributed by atoms with E-state index in [1.54, 1.807) is 0 Å². The maximum atomic E-state index is 12.0. The Morgan fingerprint density at radius 3 is 2.95 bits per heavy atom. The zero-order valence-corrected chi connectivity index (χ0v) is 11.2. The number of hydrogen-bond donors (Lipinski definition) is 0. The van der Waals surface area contributed by atoms with E-state index in [2.05, 4.69) is 36.4 Å². The number of hydrogen-bond acceptors (Lipinski definition) is 2. The van der Waals surface area contributed by atoms with Crippen molar-refractivity contribution in [3.63, 3.8) is 0 Å². The number of rotatable bonds is 1. The molecule has 1 aromatic carbocycles. The van der Waals surface area contributed by atoms with Gasteiger partial charge in [-0.05, 0) is 30.4 Å². The van der Waals surface area contributed by atoms with Gasteiger partial charge < -0.3 is 9.64 Å². The maximum absolute atomic E-state index is 12.0. The number of ether oxygens (including phenoxy) is 1. The van der Waals surface area contributed by atoms with Crippen LogP contribution in [0.3, 0.4) is 0 Å². The number of benzene rings is 1. The van der Waals surface area contributed by atoms with E-state index >= 15 is 0 Å². The van der Waals surface area contributed by atoms with E-state index in [0.29, 0.717) is 5.92 Å². The third kappa shape index (κ3) is 2.14. The van der Waals surface area contributed by atoms with Crippen LogP contribution >= 0.6 is 0 Å². The molecule has 0 bridgehead atoms. The van der Waals surface area contributed by atoms with Gasteiger partial charge in [0, 0.05) is 12.5 Å². The first kappa shape index (κ1) is 12.3. The van der Waals surface area contributed by atoms with Crippen molar-refractivity contribution in [2.24, 2.45) is 5.92 Å². The maximum Gasteiger partial charge on any atom is 0.410 e. The van der Waals surface area contributed by atoms with Crippen LogP contribution in [0, 0.1) is 5.92 Å². The van der Waals surface area contributed by atoms with E-state index in [9.17, 15) is 4.79 Å². The first-order valence-electron chi connectivity index (χ1n) is 6.90. The summed E-state index contributed by atoms with van der Waals surface area (Å²) in [5.74, 6) is 0.417. The predicted molar refractivity (Wildman–Crippen MR) is 73.9 cm³/mol. The van der Waals surface area contributed by atoms with Gasteiger partial charge in [-0.25, -0.2) is 4.79 Å². The van der Waals surface area contributed by atoms with Crippen LogP contribution in [0.5, 0.6) is 0 Å². The third-order valence-electron chi connectivity index (χ3n) is 4.20. The molecule has 2 aliphatic rings. The normalized spacial score (nSPS) is 25.2. The lowest BCUT2D eigenvalue weighted by atomic mass is 9.84. The summed E-state index contributed by atoms with van der Waals surface area (Å²) < 4.78 is 4.96. The Labute approximate surface area is 113 Å². The first-order chi connectivity index (χ1) is 9.31. The van der Waals surface area contributed by atoms with E-state index < -0.39 is 0 Å². The van der Waals surface area contributed by atoms with Gasteiger partial charge in [0.05, 0.1) is 13.2 Å². The summed E-state index contributed by atoms with van der Waals surface area (Å²) >= 11 is 0. The minimum Gasteiger partial charge on any atom is -0.453 e. The highest BCUT2D eigenvalue weighted by Gasteiger charge is 2.36. The van der Waals surface area contributed by atoms with Gasteiger partial charge in [-0.1, -0.05) is 36.4 Å². The first-order valence-corrected chi connectivity index (χ1v) is 6.90. The monoisotopic (exact) mass is 257 g/mol. The van der Waals surface area contributed by atoms with Crippen LogP contribution in [0.4, 0.5) is 4.79 Å². The predicted octanol–water partition coefficient (Wildman–Crippen LogP) is 3.32. The molecule has 0 radical (unpaired) electrons. The quantitative estimate of drug-likeness (QED) is 0.722. The van der Waals surface area contributed by atoms with Crippen molar-refractivity contribution in [1.29, 1.82) is 0 Å². The average molecular weight is 257 g/mol. The molecule has 1 aromatic rings. The molecule has 1 aliphatic carbocycles. The Hall–Kier alpha value is -1.77. The van der Waals surface area contributed by atoms with Crippen LogP contribution in [0.15, 0.2) is 36.4 Å². The highest BCUT2D eigenvalue weighted by atomic mass is 16.5. The number of nitrogens with zero attached hydrogens (tertiary/aromatic N) is 1. The molecule has 1 amide bonds. The van der Waals surface area contributed by atoms with Crippen LogP contribution in [-0.2, 0) is 11.2 Å². The SMILES string of the molecule is COC(=O)N1CCc2ccccc2C1C1C=CCC1. The zero-order valence-electron chi connectivity index (χ0n) is 11.2. The second kappa shape index (κ2) is 5.08. The highest BCUT2D eigenvalue weighted by Crippen LogP contribution is 2.40. The van der Waals surface area contributed by atoms with E-state index in [1.165, 1.54) is 18.2 Å². The molecule has 100 valence electrons. The summed E-state index contributed by atoms with van der Waals surface area (Å²) in [5, 5.41) is 0. The Morgan fingerprint density at radius 1 is 1.37 bits per heavy atom. The molecular weight excluding hydrogens is 238 g/mol. The molecule has 0 saturated heterocycles. The lowest BCUT2D eigenvalue weighted by Gasteiger charge is -2.39. The van der Waals surface area contributed by atoms with Crippen molar-refractivity contribution in [2.45, 2.75) is 25.3 Å². The lowest BCUT2D eigenvalue weighted by Crippen LogP contribution is -2.42. The van der Waals surface area contributed by atoms with Crippen LogP contribution in [0.25, 0.3) is 0 Å². The molecule has 3 rings (SSSR count). The number of carbonyl (C=O) groups excluding carboxylic acids is 1. The summed E-state index contributed by atoms with van der Waals surface area (Å²) in [5.41, 5.74) is 2.66. The van der Waals surface area contributed by atoms with E-state index in [1.807, 2.05) is 4.90 Å². The summed E-state index contributed by atoms with van der Waals surface area (Å²) in [6.07, 6.45) is 7.41. The molecule has 0 fully saturated rings.